The van der Waals surface area contributed by atoms with Gasteiger partial charge in [-0.15, -0.1) is 0 Å². The van der Waals surface area contributed by atoms with Crippen LogP contribution in [-0.4, -0.2) is 29.2 Å². The van der Waals surface area contributed by atoms with Crippen LogP contribution in [0.5, 0.6) is 0 Å². The normalized spacial score (nSPS) is 17.6. The SMILES string of the molecule is NNc1ncnc(N2CCC(C(F)(F)F)CC2)c1Br. The number of hydrogen-bond donors (Lipinski definition) is 2. The van der Waals surface area contributed by atoms with Crippen molar-refractivity contribution in [2.24, 2.45) is 11.8 Å². The Labute approximate surface area is 116 Å². The molecular formula is C10H13BrF3N5. The fourth-order valence-corrected chi connectivity index (χ4v) is 2.67. The van der Waals surface area contributed by atoms with E-state index in [9.17, 15) is 13.2 Å². The van der Waals surface area contributed by atoms with Crippen LogP contribution in [-0.2, 0) is 0 Å². The molecule has 106 valence electrons. The molecule has 2 rings (SSSR count). The maximum absolute atomic E-state index is 12.6. The average molecular weight is 340 g/mol. The predicted octanol–water partition coefficient (Wildman–Crippen LogP) is 2.30. The zero-order chi connectivity index (χ0) is 14.0. The number of rotatable bonds is 2. The molecule has 0 saturated carbocycles. The van der Waals surface area contributed by atoms with E-state index in [1.165, 1.54) is 6.33 Å². The summed E-state index contributed by atoms with van der Waals surface area (Å²) in [5.74, 6) is 5.03. The molecule has 1 fully saturated rings. The van der Waals surface area contributed by atoms with Gasteiger partial charge >= 0.3 is 6.18 Å². The Kier molecular flexibility index (Phi) is 4.14. The van der Waals surface area contributed by atoms with E-state index in [1.807, 2.05) is 0 Å². The summed E-state index contributed by atoms with van der Waals surface area (Å²) in [6, 6.07) is 0. The highest BCUT2D eigenvalue weighted by atomic mass is 79.9. The first-order valence-corrected chi connectivity index (χ1v) is 6.51. The van der Waals surface area contributed by atoms with Crippen LogP contribution in [0.25, 0.3) is 0 Å². The van der Waals surface area contributed by atoms with Crippen molar-refractivity contribution in [3.8, 4) is 0 Å². The summed E-state index contributed by atoms with van der Waals surface area (Å²) in [5.41, 5.74) is 2.40. The molecule has 5 nitrogen and oxygen atoms in total. The van der Waals surface area contributed by atoms with Crippen LogP contribution in [0.2, 0.25) is 0 Å². The van der Waals surface area contributed by atoms with Gasteiger partial charge in [-0.3, -0.25) is 0 Å². The number of nitrogens with one attached hydrogen (secondary N) is 1. The number of anilines is 2. The Balaban J connectivity index is 2.10. The van der Waals surface area contributed by atoms with Gasteiger partial charge in [0.1, 0.15) is 16.6 Å². The van der Waals surface area contributed by atoms with E-state index in [2.05, 4.69) is 31.3 Å². The molecule has 2 heterocycles. The molecule has 3 N–H and O–H groups in total. The fourth-order valence-electron chi connectivity index (χ4n) is 2.10. The molecule has 1 aliphatic heterocycles. The number of hydrogen-bond acceptors (Lipinski definition) is 5. The summed E-state index contributed by atoms with van der Waals surface area (Å²) in [6.07, 6.45) is -2.64. The van der Waals surface area contributed by atoms with E-state index in [4.69, 9.17) is 5.84 Å². The number of halogens is 4. The van der Waals surface area contributed by atoms with Gasteiger partial charge in [0.2, 0.25) is 0 Å². The third kappa shape index (κ3) is 3.08. The van der Waals surface area contributed by atoms with Gasteiger partial charge in [-0.25, -0.2) is 15.8 Å². The number of alkyl halides is 3. The Morgan fingerprint density at radius 1 is 1.32 bits per heavy atom. The van der Waals surface area contributed by atoms with Crippen LogP contribution in [0, 0.1) is 5.92 Å². The summed E-state index contributed by atoms with van der Waals surface area (Å²) >= 11 is 3.30. The van der Waals surface area contributed by atoms with Gasteiger partial charge in [-0.1, -0.05) is 0 Å². The molecular weight excluding hydrogens is 327 g/mol. The maximum atomic E-state index is 12.6. The second kappa shape index (κ2) is 5.49. The molecule has 0 unspecified atom stereocenters. The minimum Gasteiger partial charge on any atom is -0.355 e. The predicted molar refractivity (Wildman–Crippen MR) is 68.5 cm³/mol. The maximum Gasteiger partial charge on any atom is 0.391 e. The summed E-state index contributed by atoms with van der Waals surface area (Å²) in [4.78, 5) is 9.80. The molecule has 1 aromatic rings. The molecule has 1 aromatic heterocycles. The van der Waals surface area contributed by atoms with Crippen molar-refractivity contribution in [2.45, 2.75) is 19.0 Å². The van der Waals surface area contributed by atoms with Gasteiger partial charge in [-0.05, 0) is 28.8 Å². The topological polar surface area (TPSA) is 67.1 Å². The van der Waals surface area contributed by atoms with Crippen LogP contribution < -0.4 is 16.2 Å². The van der Waals surface area contributed by atoms with Crippen molar-refractivity contribution in [2.75, 3.05) is 23.4 Å². The molecule has 9 heteroatoms. The Hall–Kier alpha value is -1.09. The summed E-state index contributed by atoms with van der Waals surface area (Å²) in [5, 5.41) is 0. The van der Waals surface area contributed by atoms with Gasteiger partial charge < -0.3 is 10.3 Å². The number of nitrogen functional groups attached to an aromatic ring is 1. The molecule has 1 saturated heterocycles. The van der Waals surface area contributed by atoms with Crippen molar-refractivity contribution >= 4 is 27.6 Å². The molecule has 0 amide bonds. The first kappa shape index (κ1) is 14.3. The minimum atomic E-state index is -4.11. The first-order valence-electron chi connectivity index (χ1n) is 5.72. The van der Waals surface area contributed by atoms with Crippen LogP contribution >= 0.6 is 15.9 Å². The van der Waals surface area contributed by atoms with Crippen LogP contribution in [0.15, 0.2) is 10.8 Å². The van der Waals surface area contributed by atoms with Crippen molar-refractivity contribution < 1.29 is 13.2 Å². The Morgan fingerprint density at radius 2 is 1.95 bits per heavy atom. The van der Waals surface area contributed by atoms with E-state index in [0.717, 1.165) is 0 Å². The van der Waals surface area contributed by atoms with E-state index < -0.39 is 12.1 Å². The van der Waals surface area contributed by atoms with Gasteiger partial charge in [0.05, 0.1) is 5.92 Å². The molecule has 0 bridgehead atoms. The second-order valence-corrected chi connectivity index (χ2v) is 5.10. The highest BCUT2D eigenvalue weighted by molar-refractivity contribution is 9.10. The van der Waals surface area contributed by atoms with Crippen LogP contribution in [0.3, 0.4) is 0 Å². The van der Waals surface area contributed by atoms with Gasteiger partial charge in [0, 0.05) is 13.1 Å². The number of piperidine rings is 1. The summed E-state index contributed by atoms with van der Waals surface area (Å²) in [6.45, 7) is 0.619. The monoisotopic (exact) mass is 339 g/mol. The summed E-state index contributed by atoms with van der Waals surface area (Å²) in [7, 11) is 0. The van der Waals surface area contributed by atoms with E-state index in [-0.39, 0.29) is 12.8 Å². The van der Waals surface area contributed by atoms with Crippen LogP contribution in [0.1, 0.15) is 12.8 Å². The van der Waals surface area contributed by atoms with Gasteiger partial charge in [0.15, 0.2) is 5.82 Å². The number of nitrogens with zero attached hydrogens (tertiary/aromatic N) is 3. The molecule has 0 aliphatic carbocycles. The third-order valence-corrected chi connectivity index (χ3v) is 3.90. The average Bonchev–Trinajstić information content (AvgIpc) is 2.38. The van der Waals surface area contributed by atoms with Crippen LogP contribution in [0.4, 0.5) is 24.8 Å². The van der Waals surface area contributed by atoms with Crippen molar-refractivity contribution in [1.29, 1.82) is 0 Å². The lowest BCUT2D eigenvalue weighted by Gasteiger charge is -2.34. The second-order valence-electron chi connectivity index (χ2n) is 4.31. The number of hydrazine groups is 1. The van der Waals surface area contributed by atoms with Gasteiger partial charge in [0.25, 0.3) is 0 Å². The highest BCUT2D eigenvalue weighted by Crippen LogP contribution is 2.37. The molecule has 0 radical (unpaired) electrons. The van der Waals surface area contributed by atoms with E-state index in [1.54, 1.807) is 4.90 Å². The lowest BCUT2D eigenvalue weighted by molar-refractivity contribution is -0.179. The zero-order valence-electron chi connectivity index (χ0n) is 9.91. The molecule has 0 spiro atoms. The number of nitrogens with two attached hydrogens (primary N) is 1. The lowest BCUT2D eigenvalue weighted by atomic mass is 9.96. The first-order chi connectivity index (χ1) is 8.93. The highest BCUT2D eigenvalue weighted by Gasteiger charge is 2.41. The van der Waals surface area contributed by atoms with E-state index >= 15 is 0 Å². The zero-order valence-corrected chi connectivity index (χ0v) is 11.5. The standard InChI is InChI=1S/C10H13BrF3N5/c11-7-8(18-15)16-5-17-9(7)19-3-1-6(2-4-19)10(12,13)14/h5-6H,1-4,15H2,(H,16,17,18). The largest absolute Gasteiger partial charge is 0.391 e. The quantitative estimate of drug-likeness (QED) is 0.639. The molecule has 19 heavy (non-hydrogen) atoms. The molecule has 0 aromatic carbocycles. The van der Waals surface area contributed by atoms with Crippen molar-refractivity contribution in [3.63, 3.8) is 0 Å². The molecule has 1 aliphatic rings. The summed E-state index contributed by atoms with van der Waals surface area (Å²) < 4.78 is 38.3. The molecule has 0 atom stereocenters. The van der Waals surface area contributed by atoms with E-state index in [0.29, 0.717) is 29.2 Å². The van der Waals surface area contributed by atoms with Gasteiger partial charge in [-0.2, -0.15) is 13.2 Å². The Bertz CT molecular complexity index is 445. The number of aromatic nitrogens is 2. The lowest BCUT2D eigenvalue weighted by Crippen LogP contribution is -2.39. The fraction of sp³-hybridized carbons (Fsp3) is 0.600. The Morgan fingerprint density at radius 3 is 2.47 bits per heavy atom. The van der Waals surface area contributed by atoms with Crippen molar-refractivity contribution in [3.05, 3.63) is 10.8 Å². The third-order valence-electron chi connectivity index (χ3n) is 3.17. The van der Waals surface area contributed by atoms with Crippen molar-refractivity contribution in [1.82, 2.24) is 9.97 Å². The minimum absolute atomic E-state index is 0.0747. The smallest absolute Gasteiger partial charge is 0.355 e.